The van der Waals surface area contributed by atoms with Gasteiger partial charge in [0.15, 0.2) is 0 Å². The lowest BCUT2D eigenvalue weighted by Crippen LogP contribution is -2.42. The molecule has 1 fully saturated rings. The van der Waals surface area contributed by atoms with E-state index in [0.29, 0.717) is 50.4 Å². The number of likely N-dealkylation sites (N-methyl/N-ethyl adjacent to an activating group) is 1. The summed E-state index contributed by atoms with van der Waals surface area (Å²) in [7, 11) is 1.94. The van der Waals surface area contributed by atoms with E-state index >= 15 is 0 Å². The van der Waals surface area contributed by atoms with Crippen molar-refractivity contribution in [3.05, 3.63) is 54.4 Å². The van der Waals surface area contributed by atoms with Crippen LogP contribution in [0.3, 0.4) is 0 Å². The van der Waals surface area contributed by atoms with E-state index < -0.39 is 0 Å². The second-order valence-corrected chi connectivity index (χ2v) is 7.39. The molecular formula is C21H26FN5O3. The first-order chi connectivity index (χ1) is 14.5. The largest absolute Gasteiger partial charge is 0.492 e. The summed E-state index contributed by atoms with van der Waals surface area (Å²) in [5.74, 6) is -0.174. The highest BCUT2D eigenvalue weighted by molar-refractivity contribution is 5.93. The fourth-order valence-electron chi connectivity index (χ4n) is 3.45. The van der Waals surface area contributed by atoms with Crippen LogP contribution in [0.25, 0.3) is 0 Å². The normalized spacial score (nSPS) is 19.5. The van der Waals surface area contributed by atoms with Gasteiger partial charge in [-0.2, -0.15) is 0 Å². The van der Waals surface area contributed by atoms with Crippen molar-refractivity contribution in [2.45, 2.75) is 18.9 Å². The van der Waals surface area contributed by atoms with E-state index in [1.165, 1.54) is 30.9 Å². The maximum absolute atomic E-state index is 12.9. The highest BCUT2D eigenvalue weighted by atomic mass is 19.1. The lowest BCUT2D eigenvalue weighted by Gasteiger charge is -2.21. The zero-order valence-electron chi connectivity index (χ0n) is 16.9. The first-order valence-corrected chi connectivity index (χ1v) is 9.92. The second kappa shape index (κ2) is 10.6. The maximum Gasteiger partial charge on any atom is 0.254 e. The van der Waals surface area contributed by atoms with Crippen LogP contribution in [0.5, 0.6) is 5.75 Å². The molecule has 9 heteroatoms. The molecular weight excluding hydrogens is 389 g/mol. The summed E-state index contributed by atoms with van der Waals surface area (Å²) in [4.78, 5) is 34.7. The molecule has 3 rings (SSSR count). The van der Waals surface area contributed by atoms with E-state index in [1.54, 1.807) is 12.1 Å². The molecule has 1 aliphatic heterocycles. The fraction of sp³-hybridized carbons (Fsp3) is 0.429. The predicted octanol–water partition coefficient (Wildman–Crippen LogP) is 1.25. The number of hydrogen-bond donors (Lipinski definition) is 2. The molecule has 0 unspecified atom stereocenters. The van der Waals surface area contributed by atoms with Crippen LogP contribution in [0.15, 0.2) is 43.0 Å². The van der Waals surface area contributed by atoms with Crippen LogP contribution >= 0.6 is 0 Å². The smallest absolute Gasteiger partial charge is 0.254 e. The molecule has 2 amide bonds. The number of likely N-dealkylation sites (tertiary alicyclic amines) is 1. The maximum atomic E-state index is 12.9. The average Bonchev–Trinajstić information content (AvgIpc) is 2.94. The quantitative estimate of drug-likeness (QED) is 0.661. The molecule has 30 heavy (non-hydrogen) atoms. The Morgan fingerprint density at radius 2 is 1.90 bits per heavy atom. The summed E-state index contributed by atoms with van der Waals surface area (Å²) in [6.07, 6.45) is 5.71. The van der Waals surface area contributed by atoms with E-state index in [1.807, 2.05) is 7.05 Å². The van der Waals surface area contributed by atoms with Crippen LogP contribution in [0.2, 0.25) is 0 Å². The van der Waals surface area contributed by atoms with Crippen molar-refractivity contribution in [2.75, 3.05) is 33.3 Å². The number of benzene rings is 1. The van der Waals surface area contributed by atoms with E-state index in [9.17, 15) is 14.0 Å². The van der Waals surface area contributed by atoms with Crippen LogP contribution in [0.4, 0.5) is 4.39 Å². The summed E-state index contributed by atoms with van der Waals surface area (Å²) in [5, 5.41) is 5.90. The van der Waals surface area contributed by atoms with Crippen LogP contribution in [-0.2, 0) is 4.79 Å². The Bertz CT molecular complexity index is 834. The van der Waals surface area contributed by atoms with Crippen molar-refractivity contribution < 1.29 is 18.7 Å². The SMILES string of the molecule is CN1C[C@@H](NC(=O)c2cncnc2)CC[C@@H](C(=O)NCCOc2ccc(F)cc2)C1. The monoisotopic (exact) mass is 415 g/mol. The molecule has 0 bridgehead atoms. The highest BCUT2D eigenvalue weighted by Crippen LogP contribution is 2.17. The van der Waals surface area contributed by atoms with Crippen LogP contribution < -0.4 is 15.4 Å². The number of carbonyl (C=O) groups excluding carboxylic acids is 2. The molecule has 0 spiro atoms. The zero-order valence-corrected chi connectivity index (χ0v) is 16.9. The molecule has 2 aromatic rings. The van der Waals surface area contributed by atoms with Crippen LogP contribution in [0.1, 0.15) is 23.2 Å². The Morgan fingerprint density at radius 3 is 2.63 bits per heavy atom. The first kappa shape index (κ1) is 21.6. The number of rotatable bonds is 7. The van der Waals surface area contributed by atoms with Gasteiger partial charge in [-0.05, 0) is 44.2 Å². The first-order valence-electron chi connectivity index (χ1n) is 9.92. The third-order valence-electron chi connectivity index (χ3n) is 4.94. The number of halogens is 1. The summed E-state index contributed by atoms with van der Waals surface area (Å²) < 4.78 is 18.4. The van der Waals surface area contributed by atoms with Gasteiger partial charge in [0, 0.05) is 31.5 Å². The van der Waals surface area contributed by atoms with Gasteiger partial charge < -0.3 is 20.3 Å². The van der Waals surface area contributed by atoms with E-state index in [-0.39, 0.29) is 29.6 Å². The number of ether oxygens (including phenoxy) is 1. The van der Waals surface area contributed by atoms with Crippen molar-refractivity contribution in [1.82, 2.24) is 25.5 Å². The van der Waals surface area contributed by atoms with Gasteiger partial charge in [-0.25, -0.2) is 14.4 Å². The minimum absolute atomic E-state index is 0.0343. The predicted molar refractivity (Wildman–Crippen MR) is 108 cm³/mol. The van der Waals surface area contributed by atoms with Gasteiger partial charge in [-0.1, -0.05) is 0 Å². The summed E-state index contributed by atoms with van der Waals surface area (Å²) in [6, 6.07) is 5.70. The Morgan fingerprint density at radius 1 is 1.17 bits per heavy atom. The van der Waals surface area contributed by atoms with Crippen molar-refractivity contribution in [3.63, 3.8) is 0 Å². The third-order valence-corrected chi connectivity index (χ3v) is 4.94. The summed E-state index contributed by atoms with van der Waals surface area (Å²) in [6.45, 7) is 1.95. The van der Waals surface area contributed by atoms with Gasteiger partial charge in [-0.3, -0.25) is 9.59 Å². The van der Waals surface area contributed by atoms with Gasteiger partial charge in [0.05, 0.1) is 18.0 Å². The van der Waals surface area contributed by atoms with E-state index in [2.05, 4.69) is 25.5 Å². The lowest BCUT2D eigenvalue weighted by atomic mass is 10.0. The van der Waals surface area contributed by atoms with Crippen LogP contribution in [0, 0.1) is 11.7 Å². The number of hydrogen-bond acceptors (Lipinski definition) is 6. The Kier molecular flexibility index (Phi) is 7.67. The molecule has 1 aromatic carbocycles. The van der Waals surface area contributed by atoms with Crippen LogP contribution in [-0.4, -0.2) is 66.0 Å². The molecule has 0 radical (unpaired) electrons. The van der Waals surface area contributed by atoms with E-state index in [0.717, 1.165) is 0 Å². The van der Waals surface area contributed by atoms with Gasteiger partial charge >= 0.3 is 0 Å². The molecule has 1 saturated heterocycles. The third kappa shape index (κ3) is 6.48. The molecule has 2 heterocycles. The van der Waals surface area contributed by atoms with Gasteiger partial charge in [-0.15, -0.1) is 0 Å². The molecule has 0 aliphatic carbocycles. The average molecular weight is 415 g/mol. The Labute approximate surface area is 174 Å². The molecule has 0 saturated carbocycles. The highest BCUT2D eigenvalue weighted by Gasteiger charge is 2.27. The number of nitrogens with one attached hydrogen (secondary N) is 2. The van der Waals surface area contributed by atoms with E-state index in [4.69, 9.17) is 4.74 Å². The van der Waals surface area contributed by atoms with Crippen molar-refractivity contribution in [2.24, 2.45) is 5.92 Å². The Balaban J connectivity index is 1.42. The van der Waals surface area contributed by atoms with Crippen molar-refractivity contribution >= 4 is 11.8 Å². The summed E-state index contributed by atoms with van der Waals surface area (Å²) in [5.41, 5.74) is 0.417. The fourth-order valence-corrected chi connectivity index (χ4v) is 3.45. The molecule has 2 N–H and O–H groups in total. The summed E-state index contributed by atoms with van der Waals surface area (Å²) >= 11 is 0. The minimum atomic E-state index is -0.320. The zero-order chi connectivity index (χ0) is 21.3. The standard InChI is InChI=1S/C21H26FN5O3/c1-27-12-15(20(28)25-8-9-30-19-6-3-17(22)4-7-19)2-5-18(13-27)26-21(29)16-10-23-14-24-11-16/h3-4,6-7,10-11,14-15,18H,2,5,8-9,12-13H2,1H3,(H,25,28)(H,26,29)/t15-,18+/m1/s1. The number of aromatic nitrogens is 2. The molecule has 1 aliphatic rings. The molecule has 8 nitrogen and oxygen atoms in total. The molecule has 1 aromatic heterocycles. The molecule has 2 atom stereocenters. The number of nitrogens with zero attached hydrogens (tertiary/aromatic N) is 3. The molecule has 160 valence electrons. The topological polar surface area (TPSA) is 96.5 Å². The van der Waals surface area contributed by atoms with Gasteiger partial charge in [0.25, 0.3) is 5.91 Å². The van der Waals surface area contributed by atoms with Gasteiger partial charge in [0.1, 0.15) is 24.5 Å². The number of amides is 2. The minimum Gasteiger partial charge on any atom is -0.492 e. The lowest BCUT2D eigenvalue weighted by molar-refractivity contribution is -0.125. The van der Waals surface area contributed by atoms with Crippen molar-refractivity contribution in [3.8, 4) is 5.75 Å². The van der Waals surface area contributed by atoms with Crippen molar-refractivity contribution in [1.29, 1.82) is 0 Å². The number of carbonyl (C=O) groups is 2. The van der Waals surface area contributed by atoms with Gasteiger partial charge in [0.2, 0.25) is 5.91 Å². The Hall–Kier alpha value is -3.07. The second-order valence-electron chi connectivity index (χ2n) is 7.39.